The molecule has 3 aromatic rings. The summed E-state index contributed by atoms with van der Waals surface area (Å²) < 4.78 is 40.8. The summed E-state index contributed by atoms with van der Waals surface area (Å²) in [7, 11) is -2.45. The Labute approximate surface area is 189 Å². The predicted octanol–water partition coefficient (Wildman–Crippen LogP) is 4.20. The Bertz CT molecular complexity index is 1300. The molecular formula is C22H19ClFN3O4S. The Hall–Kier alpha value is -3.43. The molecule has 166 valence electrons. The molecule has 0 heterocycles. The van der Waals surface area contributed by atoms with Gasteiger partial charge in [-0.2, -0.15) is 0 Å². The molecule has 0 bridgehead atoms. The maximum absolute atomic E-state index is 13.4. The van der Waals surface area contributed by atoms with Crippen LogP contribution in [0.25, 0.3) is 0 Å². The molecule has 0 unspecified atom stereocenters. The second kappa shape index (κ2) is 9.37. The lowest BCUT2D eigenvalue weighted by atomic mass is 10.1. The average molecular weight is 476 g/mol. The second-order valence-corrected chi connectivity index (χ2v) is 8.91. The Morgan fingerprint density at radius 2 is 1.56 bits per heavy atom. The molecule has 0 aromatic heterocycles. The van der Waals surface area contributed by atoms with Crippen molar-refractivity contribution in [3.63, 3.8) is 0 Å². The largest absolute Gasteiger partial charge is 0.355 e. The van der Waals surface area contributed by atoms with Crippen LogP contribution < -0.4 is 15.4 Å². The standard InChI is InChI=1S/C22H19ClFN3O4S/c1-13-11-17(8-10-20(13)24)32(30,31)27-15-5-3-14(4-6-15)21(28)26-16-7-9-19(23)18(12-16)22(29)25-2/h3-12,27H,1-2H3,(H,25,29)(H,26,28). The Kier molecular flexibility index (Phi) is 6.81. The Balaban J connectivity index is 1.73. The molecule has 7 nitrogen and oxygen atoms in total. The van der Waals surface area contributed by atoms with Crippen molar-refractivity contribution in [1.29, 1.82) is 0 Å². The Morgan fingerprint density at radius 3 is 2.19 bits per heavy atom. The van der Waals surface area contributed by atoms with E-state index in [1.165, 1.54) is 62.5 Å². The first-order valence-electron chi connectivity index (χ1n) is 9.33. The fourth-order valence-electron chi connectivity index (χ4n) is 2.80. The fraction of sp³-hybridized carbons (Fsp3) is 0.0909. The minimum atomic E-state index is -3.92. The van der Waals surface area contributed by atoms with Crippen LogP contribution in [0.2, 0.25) is 5.02 Å². The zero-order valence-electron chi connectivity index (χ0n) is 17.1. The van der Waals surface area contributed by atoms with Crippen LogP contribution in [0.15, 0.2) is 65.6 Å². The summed E-state index contributed by atoms with van der Waals surface area (Å²) in [6.07, 6.45) is 0. The lowest BCUT2D eigenvalue weighted by molar-refractivity contribution is 0.0961. The van der Waals surface area contributed by atoms with E-state index < -0.39 is 21.7 Å². The fourth-order valence-corrected chi connectivity index (χ4v) is 4.15. The molecule has 0 radical (unpaired) electrons. The van der Waals surface area contributed by atoms with Crippen molar-refractivity contribution in [2.45, 2.75) is 11.8 Å². The number of rotatable bonds is 6. The first kappa shape index (κ1) is 23.2. The van der Waals surface area contributed by atoms with Gasteiger partial charge in [0.2, 0.25) is 0 Å². The number of hydrogen-bond donors (Lipinski definition) is 3. The van der Waals surface area contributed by atoms with Gasteiger partial charge in [-0.1, -0.05) is 11.6 Å². The third-order valence-electron chi connectivity index (χ3n) is 4.53. The van der Waals surface area contributed by atoms with E-state index in [2.05, 4.69) is 15.4 Å². The van der Waals surface area contributed by atoms with Gasteiger partial charge in [0.15, 0.2) is 0 Å². The number of sulfonamides is 1. The summed E-state index contributed by atoms with van der Waals surface area (Å²) >= 11 is 6.01. The lowest BCUT2D eigenvalue weighted by Crippen LogP contribution is -2.19. The van der Waals surface area contributed by atoms with Crippen molar-refractivity contribution in [1.82, 2.24) is 5.32 Å². The maximum Gasteiger partial charge on any atom is 0.261 e. The summed E-state index contributed by atoms with van der Waals surface area (Å²) in [5.41, 5.74) is 1.29. The average Bonchev–Trinajstić information content (AvgIpc) is 2.76. The SMILES string of the molecule is CNC(=O)c1cc(NC(=O)c2ccc(NS(=O)(=O)c3ccc(F)c(C)c3)cc2)ccc1Cl. The van der Waals surface area contributed by atoms with E-state index in [0.29, 0.717) is 5.69 Å². The van der Waals surface area contributed by atoms with E-state index in [4.69, 9.17) is 11.6 Å². The summed E-state index contributed by atoms with van der Waals surface area (Å²) in [5, 5.41) is 5.37. The van der Waals surface area contributed by atoms with Crippen LogP contribution in [0.3, 0.4) is 0 Å². The monoisotopic (exact) mass is 475 g/mol. The molecule has 0 atom stereocenters. The molecule has 32 heavy (non-hydrogen) atoms. The van der Waals surface area contributed by atoms with E-state index in [1.807, 2.05) is 0 Å². The quantitative estimate of drug-likeness (QED) is 0.497. The summed E-state index contributed by atoms with van der Waals surface area (Å²) in [4.78, 5) is 24.3. The van der Waals surface area contributed by atoms with E-state index in [0.717, 1.165) is 6.07 Å². The van der Waals surface area contributed by atoms with Gasteiger partial charge in [0, 0.05) is 24.0 Å². The molecule has 0 aliphatic rings. The zero-order valence-corrected chi connectivity index (χ0v) is 18.6. The number of hydrogen-bond acceptors (Lipinski definition) is 4. The number of carbonyl (C=O) groups is 2. The van der Waals surface area contributed by atoms with Crippen LogP contribution in [0.1, 0.15) is 26.3 Å². The molecule has 0 aliphatic heterocycles. The minimum Gasteiger partial charge on any atom is -0.355 e. The number of carbonyl (C=O) groups excluding carboxylic acids is 2. The van der Waals surface area contributed by atoms with Crippen molar-refractivity contribution < 1.29 is 22.4 Å². The Morgan fingerprint density at radius 1 is 0.906 bits per heavy atom. The molecular weight excluding hydrogens is 457 g/mol. The van der Waals surface area contributed by atoms with Crippen molar-refractivity contribution in [3.05, 3.63) is 88.2 Å². The van der Waals surface area contributed by atoms with E-state index in [1.54, 1.807) is 6.07 Å². The number of amides is 2. The molecule has 3 rings (SSSR count). The third-order valence-corrected chi connectivity index (χ3v) is 6.24. The number of benzene rings is 3. The first-order valence-corrected chi connectivity index (χ1v) is 11.2. The van der Waals surface area contributed by atoms with E-state index in [9.17, 15) is 22.4 Å². The third kappa shape index (κ3) is 5.24. The van der Waals surface area contributed by atoms with Crippen LogP contribution in [-0.4, -0.2) is 27.3 Å². The molecule has 3 N–H and O–H groups in total. The highest BCUT2D eigenvalue weighted by atomic mass is 35.5. The van der Waals surface area contributed by atoms with Crippen LogP contribution in [0.5, 0.6) is 0 Å². The maximum atomic E-state index is 13.4. The summed E-state index contributed by atoms with van der Waals surface area (Å²) in [6, 6.07) is 13.7. The van der Waals surface area contributed by atoms with Crippen molar-refractivity contribution in [3.8, 4) is 0 Å². The molecule has 2 amide bonds. The number of anilines is 2. The van der Waals surface area contributed by atoms with E-state index in [-0.39, 0.29) is 38.2 Å². The molecule has 3 aromatic carbocycles. The molecule has 0 saturated heterocycles. The smallest absolute Gasteiger partial charge is 0.261 e. The van der Waals surface area contributed by atoms with Gasteiger partial charge in [0.25, 0.3) is 21.8 Å². The second-order valence-electron chi connectivity index (χ2n) is 6.82. The minimum absolute atomic E-state index is 0.0760. The van der Waals surface area contributed by atoms with Crippen LogP contribution in [0, 0.1) is 12.7 Å². The van der Waals surface area contributed by atoms with Gasteiger partial charge in [-0.05, 0) is 73.2 Å². The van der Waals surface area contributed by atoms with Crippen LogP contribution in [0.4, 0.5) is 15.8 Å². The van der Waals surface area contributed by atoms with Crippen molar-refractivity contribution in [2.24, 2.45) is 0 Å². The van der Waals surface area contributed by atoms with E-state index >= 15 is 0 Å². The molecule has 0 spiro atoms. The van der Waals surface area contributed by atoms with Crippen LogP contribution in [-0.2, 0) is 10.0 Å². The van der Waals surface area contributed by atoms with Gasteiger partial charge in [-0.25, -0.2) is 12.8 Å². The molecule has 0 fully saturated rings. The topological polar surface area (TPSA) is 104 Å². The number of halogens is 2. The van der Waals surface area contributed by atoms with Gasteiger partial charge < -0.3 is 10.6 Å². The normalized spacial score (nSPS) is 11.0. The van der Waals surface area contributed by atoms with Gasteiger partial charge in [-0.3, -0.25) is 14.3 Å². The highest BCUT2D eigenvalue weighted by Crippen LogP contribution is 2.22. The highest BCUT2D eigenvalue weighted by molar-refractivity contribution is 7.92. The number of aryl methyl sites for hydroxylation is 1. The van der Waals surface area contributed by atoms with Gasteiger partial charge >= 0.3 is 0 Å². The van der Waals surface area contributed by atoms with Crippen molar-refractivity contribution in [2.75, 3.05) is 17.1 Å². The van der Waals surface area contributed by atoms with Gasteiger partial charge in [0.1, 0.15) is 5.82 Å². The summed E-state index contributed by atoms with van der Waals surface area (Å²) in [6.45, 7) is 1.47. The van der Waals surface area contributed by atoms with Crippen LogP contribution >= 0.6 is 11.6 Å². The molecule has 10 heteroatoms. The highest BCUT2D eigenvalue weighted by Gasteiger charge is 2.16. The zero-order chi connectivity index (χ0) is 23.5. The lowest BCUT2D eigenvalue weighted by Gasteiger charge is -2.11. The van der Waals surface area contributed by atoms with Gasteiger partial charge in [0.05, 0.1) is 15.5 Å². The predicted molar refractivity (Wildman–Crippen MR) is 121 cm³/mol. The van der Waals surface area contributed by atoms with Crippen molar-refractivity contribution >= 4 is 44.8 Å². The summed E-state index contributed by atoms with van der Waals surface area (Å²) in [5.74, 6) is -1.35. The van der Waals surface area contributed by atoms with Gasteiger partial charge in [-0.15, -0.1) is 0 Å². The number of nitrogens with one attached hydrogen (secondary N) is 3. The first-order chi connectivity index (χ1) is 15.1. The molecule has 0 aliphatic carbocycles. The molecule has 0 saturated carbocycles.